The molecule has 330 valence electrons. The van der Waals surface area contributed by atoms with Crippen LogP contribution < -0.4 is 14.5 Å². The van der Waals surface area contributed by atoms with Crippen LogP contribution >= 0.6 is 0 Å². The van der Waals surface area contributed by atoms with E-state index in [9.17, 15) is 0 Å². The summed E-state index contributed by atoms with van der Waals surface area (Å²) in [7, 11) is 0. The van der Waals surface area contributed by atoms with Gasteiger partial charge in [0.25, 0.3) is 0 Å². The van der Waals surface area contributed by atoms with Gasteiger partial charge in [0.1, 0.15) is 24.0 Å². The topological polar surface area (TPSA) is 36.8 Å². The Bertz CT molecular complexity index is 3310. The summed E-state index contributed by atoms with van der Waals surface area (Å²) in [4.78, 5) is 12.2. The van der Waals surface area contributed by atoms with Crippen LogP contribution in [0.2, 0.25) is 0 Å². The highest BCUT2D eigenvalue weighted by Gasteiger charge is 2.39. The van der Waals surface area contributed by atoms with Crippen LogP contribution in [0.1, 0.15) is 88.1 Å². The number of fused-ring (bicyclic) bond motifs is 5. The standard InChI is InChI=1S/C60H56BN5O/c1-40(2)42-21-25-44(26-22-42)52-38-63-34-13-12-32-61(63)58(45-27-23-43(24-28-45)41(3)4)59(52)65-39-64(54-19-10-11-20-55(54)65)47-15-14-16-48(36-47)67-49-29-30-51-50-17-8-9-18-53(50)66(56(51)37-49)57-35-46(31-33-62-57)60(5,6)7/h8-38,40-41H,39H2,1-7H3. The van der Waals surface area contributed by atoms with Crippen LogP contribution in [0, 0.1) is 0 Å². The highest BCUT2D eigenvalue weighted by atomic mass is 16.5. The molecule has 0 aliphatic carbocycles. The average Bonchev–Trinajstić information content (AvgIpc) is 3.89. The van der Waals surface area contributed by atoms with Crippen molar-refractivity contribution in [3.8, 4) is 17.3 Å². The van der Waals surface area contributed by atoms with Crippen molar-refractivity contribution in [2.24, 2.45) is 0 Å². The van der Waals surface area contributed by atoms with E-state index < -0.39 is 0 Å². The maximum absolute atomic E-state index is 6.83. The minimum atomic E-state index is -0.0119. The first-order valence-corrected chi connectivity index (χ1v) is 23.7. The van der Waals surface area contributed by atoms with Crippen molar-refractivity contribution < 1.29 is 4.74 Å². The van der Waals surface area contributed by atoms with Gasteiger partial charge in [-0.2, -0.15) is 0 Å². The summed E-state index contributed by atoms with van der Waals surface area (Å²) >= 11 is 0. The Morgan fingerprint density at radius 1 is 0.612 bits per heavy atom. The zero-order chi connectivity index (χ0) is 46.0. The minimum absolute atomic E-state index is 0.0119. The number of ether oxygens (including phenoxy) is 1. The van der Waals surface area contributed by atoms with Crippen LogP contribution in [0.3, 0.4) is 0 Å². The second-order valence-electron chi connectivity index (χ2n) is 19.7. The Labute approximate surface area is 395 Å². The fraction of sp³-hybridized carbons (Fsp3) is 0.183. The van der Waals surface area contributed by atoms with Crippen LogP contribution in [0.15, 0.2) is 194 Å². The lowest BCUT2D eigenvalue weighted by atomic mass is 9.48. The van der Waals surface area contributed by atoms with Crippen molar-refractivity contribution in [3.63, 3.8) is 0 Å². The summed E-state index contributed by atoms with van der Waals surface area (Å²) in [6, 6.07) is 55.2. The molecule has 8 aromatic rings. The monoisotopic (exact) mass is 873 g/mol. The SMILES string of the molecule is CC(C)c1ccc(C2=CN3C=CC=CB3C(c3ccc(C(C)C)cc3)=C2N2CN(c3cccc(Oc4ccc5c6ccccc6n(-c6cc(C(C)(C)C)ccn6)c5c4)c3)c3ccccc32)cc1. The van der Waals surface area contributed by atoms with Gasteiger partial charge in [-0.15, -0.1) is 0 Å². The van der Waals surface area contributed by atoms with E-state index in [1.54, 1.807) is 0 Å². The quantitative estimate of drug-likeness (QED) is 0.135. The molecule has 6 aromatic carbocycles. The summed E-state index contributed by atoms with van der Waals surface area (Å²) in [5.41, 5.74) is 15.5. The predicted octanol–water partition coefficient (Wildman–Crippen LogP) is 15.4. The lowest BCUT2D eigenvalue weighted by Gasteiger charge is -2.38. The van der Waals surface area contributed by atoms with Gasteiger partial charge in [-0.05, 0) is 117 Å². The molecule has 0 saturated heterocycles. The summed E-state index contributed by atoms with van der Waals surface area (Å²) < 4.78 is 9.10. The van der Waals surface area contributed by atoms with Gasteiger partial charge in [-0.25, -0.2) is 4.98 Å². The molecule has 0 radical (unpaired) electrons. The third-order valence-electron chi connectivity index (χ3n) is 13.7. The minimum Gasteiger partial charge on any atom is -0.457 e. The Balaban J connectivity index is 0.997. The molecule has 0 N–H and O–H groups in total. The summed E-state index contributed by atoms with van der Waals surface area (Å²) in [6.07, 6.45) is 10.8. The molecule has 0 bridgehead atoms. The third kappa shape index (κ3) is 7.62. The van der Waals surface area contributed by atoms with E-state index in [4.69, 9.17) is 9.72 Å². The predicted molar refractivity (Wildman–Crippen MR) is 282 cm³/mol. The molecular weight excluding hydrogens is 818 g/mol. The summed E-state index contributed by atoms with van der Waals surface area (Å²) in [6.45, 7) is 16.4. The van der Waals surface area contributed by atoms with E-state index in [2.05, 4.69) is 250 Å². The fourth-order valence-electron chi connectivity index (χ4n) is 10.0. The molecule has 0 fully saturated rings. The molecule has 0 amide bonds. The molecule has 0 atom stereocenters. The molecule has 2 aromatic heterocycles. The van der Waals surface area contributed by atoms with E-state index in [1.165, 1.54) is 49.9 Å². The van der Waals surface area contributed by atoms with Gasteiger partial charge in [0.2, 0.25) is 0 Å². The largest absolute Gasteiger partial charge is 0.457 e. The first-order chi connectivity index (χ1) is 32.5. The molecule has 0 unspecified atom stereocenters. The Morgan fingerprint density at radius 3 is 2.01 bits per heavy atom. The number of aromatic nitrogens is 2. The van der Waals surface area contributed by atoms with Gasteiger partial charge in [0, 0.05) is 52.3 Å². The number of nitrogens with zero attached hydrogens (tertiary/aromatic N) is 5. The van der Waals surface area contributed by atoms with Gasteiger partial charge >= 0.3 is 6.85 Å². The van der Waals surface area contributed by atoms with E-state index in [1.807, 2.05) is 6.20 Å². The Morgan fingerprint density at radius 2 is 1.28 bits per heavy atom. The summed E-state index contributed by atoms with van der Waals surface area (Å²) in [5, 5.41) is 2.34. The van der Waals surface area contributed by atoms with Gasteiger partial charge in [0.05, 0.1) is 22.4 Å². The van der Waals surface area contributed by atoms with E-state index in [-0.39, 0.29) is 12.3 Å². The first kappa shape index (κ1) is 42.2. The maximum atomic E-state index is 6.83. The maximum Gasteiger partial charge on any atom is 0.322 e. The first-order valence-electron chi connectivity index (χ1n) is 23.7. The van der Waals surface area contributed by atoms with Crippen molar-refractivity contribution in [2.45, 2.75) is 65.7 Å². The summed E-state index contributed by atoms with van der Waals surface area (Å²) in [5.74, 6) is 5.65. The van der Waals surface area contributed by atoms with Gasteiger partial charge in [0.15, 0.2) is 0 Å². The molecule has 11 rings (SSSR count). The zero-order valence-corrected chi connectivity index (χ0v) is 39.5. The van der Waals surface area contributed by atoms with E-state index in [0.29, 0.717) is 18.5 Å². The molecule has 67 heavy (non-hydrogen) atoms. The van der Waals surface area contributed by atoms with Crippen LogP contribution in [-0.4, -0.2) is 27.9 Å². The zero-order valence-electron chi connectivity index (χ0n) is 39.5. The highest BCUT2D eigenvalue weighted by Crippen LogP contribution is 2.49. The lowest BCUT2D eigenvalue weighted by Crippen LogP contribution is -2.40. The number of pyridine rings is 1. The highest BCUT2D eigenvalue weighted by molar-refractivity contribution is 6.82. The van der Waals surface area contributed by atoms with Crippen LogP contribution in [0.5, 0.6) is 11.5 Å². The van der Waals surface area contributed by atoms with Gasteiger partial charge in [-0.3, -0.25) is 4.57 Å². The number of rotatable bonds is 9. The number of anilines is 3. The number of hydrogen-bond acceptors (Lipinski definition) is 5. The second-order valence-corrected chi connectivity index (χ2v) is 19.7. The number of allylic oxidation sites excluding steroid dienone is 3. The Hall–Kier alpha value is -7.51. The van der Waals surface area contributed by atoms with Crippen LogP contribution in [0.25, 0.3) is 38.7 Å². The van der Waals surface area contributed by atoms with E-state index >= 15 is 0 Å². The molecule has 7 heteroatoms. The van der Waals surface area contributed by atoms with E-state index in [0.717, 1.165) is 50.8 Å². The molecule has 3 aliphatic heterocycles. The number of para-hydroxylation sites is 3. The van der Waals surface area contributed by atoms with Crippen LogP contribution in [-0.2, 0) is 5.41 Å². The molecule has 0 spiro atoms. The Kier molecular flexibility index (Phi) is 10.5. The molecular formula is C60H56BN5O. The normalized spacial score (nSPS) is 14.8. The van der Waals surface area contributed by atoms with Crippen molar-refractivity contribution in [1.82, 2.24) is 14.4 Å². The number of benzene rings is 6. The molecule has 0 saturated carbocycles. The fourth-order valence-corrected chi connectivity index (χ4v) is 10.0. The van der Waals surface area contributed by atoms with Crippen molar-refractivity contribution in [3.05, 3.63) is 222 Å². The van der Waals surface area contributed by atoms with Crippen molar-refractivity contribution >= 4 is 56.8 Å². The van der Waals surface area contributed by atoms with Crippen molar-refractivity contribution in [1.29, 1.82) is 0 Å². The molecule has 3 aliphatic rings. The number of hydrogen-bond donors (Lipinski definition) is 0. The van der Waals surface area contributed by atoms with Gasteiger partial charge in [-0.1, -0.05) is 145 Å². The average molecular weight is 874 g/mol. The smallest absolute Gasteiger partial charge is 0.322 e. The third-order valence-corrected chi connectivity index (χ3v) is 13.7. The van der Waals surface area contributed by atoms with Crippen LogP contribution in [0.4, 0.5) is 17.1 Å². The van der Waals surface area contributed by atoms with Crippen molar-refractivity contribution in [2.75, 3.05) is 16.5 Å². The molecule has 6 nitrogen and oxygen atoms in total. The molecule has 5 heterocycles. The second kappa shape index (κ2) is 16.7. The lowest BCUT2D eigenvalue weighted by molar-refractivity contribution is 0.483. The van der Waals surface area contributed by atoms with Gasteiger partial charge < -0.3 is 19.3 Å².